The van der Waals surface area contributed by atoms with Crippen LogP contribution in [0.15, 0.2) is 78.9 Å². The first-order valence-electron chi connectivity index (χ1n) is 10.2. The first kappa shape index (κ1) is 18.4. The van der Waals surface area contributed by atoms with Crippen molar-refractivity contribution in [1.82, 2.24) is 0 Å². The lowest BCUT2D eigenvalue weighted by atomic mass is 10.2. The molecule has 2 amide bonds. The number of fused-ring (bicyclic) bond motifs is 1. The Kier molecular flexibility index (Phi) is 4.71. The summed E-state index contributed by atoms with van der Waals surface area (Å²) in [5.74, 6) is 0.940. The summed E-state index contributed by atoms with van der Waals surface area (Å²) in [5.41, 5.74) is 2.89. The highest BCUT2D eigenvalue weighted by Crippen LogP contribution is 2.43. The predicted molar refractivity (Wildman–Crippen MR) is 116 cm³/mol. The Bertz CT molecular complexity index is 1080. The maximum Gasteiger partial charge on any atom is 0.230 e. The highest BCUT2D eigenvalue weighted by atomic mass is 16.5. The fourth-order valence-electron chi connectivity index (χ4n) is 3.99. The van der Waals surface area contributed by atoms with E-state index in [4.69, 9.17) is 4.74 Å². The van der Waals surface area contributed by atoms with Crippen LogP contribution in [-0.4, -0.2) is 18.4 Å². The molecule has 150 valence electrons. The van der Waals surface area contributed by atoms with Crippen LogP contribution >= 0.6 is 0 Å². The summed E-state index contributed by atoms with van der Waals surface area (Å²) in [6, 6.07) is 24.8. The minimum Gasteiger partial charge on any atom is -0.457 e. The van der Waals surface area contributed by atoms with E-state index in [0.29, 0.717) is 24.4 Å². The molecule has 0 spiro atoms. The van der Waals surface area contributed by atoms with Crippen molar-refractivity contribution >= 4 is 23.2 Å². The Morgan fingerprint density at radius 3 is 2.33 bits per heavy atom. The molecule has 1 N–H and O–H groups in total. The number of ether oxygens (including phenoxy) is 1. The van der Waals surface area contributed by atoms with E-state index >= 15 is 0 Å². The van der Waals surface area contributed by atoms with E-state index in [-0.39, 0.29) is 23.7 Å². The van der Waals surface area contributed by atoms with E-state index in [2.05, 4.69) is 11.4 Å². The Balaban J connectivity index is 1.17. The standard InChI is InChI=1S/C25H22N2O3/c28-24(26-18-10-12-20(13-11-18)30-19-7-2-1-3-8-19)21-16-22(21)25(29)27-15-14-17-6-4-5-9-23(17)27/h1-13,21-22H,14-16H2,(H,26,28). The second kappa shape index (κ2) is 7.67. The summed E-state index contributed by atoms with van der Waals surface area (Å²) in [5, 5.41) is 2.92. The van der Waals surface area contributed by atoms with Gasteiger partial charge in [-0.1, -0.05) is 36.4 Å². The Morgan fingerprint density at radius 1 is 0.833 bits per heavy atom. The topological polar surface area (TPSA) is 58.6 Å². The van der Waals surface area contributed by atoms with Crippen LogP contribution in [-0.2, 0) is 16.0 Å². The summed E-state index contributed by atoms with van der Waals surface area (Å²) < 4.78 is 5.77. The lowest BCUT2D eigenvalue weighted by molar-refractivity contribution is -0.123. The zero-order valence-electron chi connectivity index (χ0n) is 16.5. The summed E-state index contributed by atoms with van der Waals surface area (Å²) in [7, 11) is 0. The molecule has 3 aromatic carbocycles. The van der Waals surface area contributed by atoms with Gasteiger partial charge in [-0.05, 0) is 60.9 Å². The lowest BCUT2D eigenvalue weighted by Gasteiger charge is -2.17. The molecule has 0 bridgehead atoms. The van der Waals surface area contributed by atoms with Crippen LogP contribution in [0.1, 0.15) is 12.0 Å². The van der Waals surface area contributed by atoms with Crippen LogP contribution in [0.3, 0.4) is 0 Å². The van der Waals surface area contributed by atoms with Crippen LogP contribution in [0.2, 0.25) is 0 Å². The second-order valence-corrected chi connectivity index (χ2v) is 7.75. The number of para-hydroxylation sites is 2. The van der Waals surface area contributed by atoms with Crippen molar-refractivity contribution in [3.63, 3.8) is 0 Å². The Hall–Kier alpha value is -3.60. The SMILES string of the molecule is O=C(Nc1ccc(Oc2ccccc2)cc1)C1CC1C(=O)N1CCc2ccccc21. The molecule has 1 fully saturated rings. The lowest BCUT2D eigenvalue weighted by Crippen LogP contribution is -2.31. The van der Waals surface area contributed by atoms with Crippen LogP contribution in [0.25, 0.3) is 0 Å². The maximum absolute atomic E-state index is 12.9. The van der Waals surface area contributed by atoms with Crippen molar-refractivity contribution < 1.29 is 14.3 Å². The normalized spacial score (nSPS) is 19.1. The third-order valence-electron chi connectivity index (χ3n) is 5.70. The van der Waals surface area contributed by atoms with E-state index in [0.717, 1.165) is 17.9 Å². The molecule has 1 aliphatic carbocycles. The molecule has 30 heavy (non-hydrogen) atoms. The highest BCUT2D eigenvalue weighted by molar-refractivity contribution is 6.05. The highest BCUT2D eigenvalue weighted by Gasteiger charge is 2.50. The third kappa shape index (κ3) is 3.66. The molecule has 0 radical (unpaired) electrons. The molecule has 0 aromatic heterocycles. The molecule has 0 saturated heterocycles. The average molecular weight is 398 g/mol. The summed E-state index contributed by atoms with van der Waals surface area (Å²) in [4.78, 5) is 27.3. The van der Waals surface area contributed by atoms with Gasteiger partial charge in [0.25, 0.3) is 0 Å². The number of amides is 2. The summed E-state index contributed by atoms with van der Waals surface area (Å²) in [6.07, 6.45) is 1.49. The average Bonchev–Trinajstić information content (AvgIpc) is 3.47. The number of rotatable bonds is 5. The third-order valence-corrected chi connectivity index (χ3v) is 5.70. The molecule has 1 heterocycles. The fraction of sp³-hybridized carbons (Fsp3) is 0.200. The monoisotopic (exact) mass is 398 g/mol. The first-order chi connectivity index (χ1) is 14.7. The number of hydrogen-bond acceptors (Lipinski definition) is 3. The number of carbonyl (C=O) groups excluding carboxylic acids is 2. The van der Waals surface area contributed by atoms with Gasteiger partial charge in [-0.25, -0.2) is 0 Å². The molecular formula is C25H22N2O3. The molecule has 1 aliphatic heterocycles. The van der Waals surface area contributed by atoms with E-state index in [1.807, 2.05) is 77.7 Å². The maximum atomic E-state index is 12.9. The van der Waals surface area contributed by atoms with Gasteiger partial charge in [-0.3, -0.25) is 9.59 Å². The number of benzene rings is 3. The van der Waals surface area contributed by atoms with Gasteiger partial charge in [0.1, 0.15) is 11.5 Å². The number of anilines is 2. The van der Waals surface area contributed by atoms with Crippen molar-refractivity contribution in [2.24, 2.45) is 11.8 Å². The first-order valence-corrected chi connectivity index (χ1v) is 10.2. The van der Waals surface area contributed by atoms with Crippen molar-refractivity contribution in [1.29, 1.82) is 0 Å². The minimum absolute atomic E-state index is 0.0618. The zero-order chi connectivity index (χ0) is 20.5. The smallest absolute Gasteiger partial charge is 0.230 e. The zero-order valence-corrected chi connectivity index (χ0v) is 16.5. The van der Waals surface area contributed by atoms with Gasteiger partial charge in [0.05, 0.1) is 11.8 Å². The number of nitrogens with one attached hydrogen (secondary N) is 1. The van der Waals surface area contributed by atoms with Gasteiger partial charge in [0, 0.05) is 17.9 Å². The minimum atomic E-state index is -0.259. The molecule has 5 nitrogen and oxygen atoms in total. The summed E-state index contributed by atoms with van der Waals surface area (Å²) >= 11 is 0. The molecule has 5 heteroatoms. The predicted octanol–water partition coefficient (Wildman–Crippen LogP) is 4.64. The van der Waals surface area contributed by atoms with Crippen LogP contribution < -0.4 is 15.0 Å². The molecule has 3 aromatic rings. The van der Waals surface area contributed by atoms with Crippen molar-refractivity contribution in [3.8, 4) is 11.5 Å². The van der Waals surface area contributed by atoms with Gasteiger partial charge in [0.2, 0.25) is 11.8 Å². The number of nitrogens with zero attached hydrogens (tertiary/aromatic N) is 1. The van der Waals surface area contributed by atoms with E-state index in [1.54, 1.807) is 0 Å². The van der Waals surface area contributed by atoms with Crippen molar-refractivity contribution in [2.75, 3.05) is 16.8 Å². The number of carbonyl (C=O) groups is 2. The molecular weight excluding hydrogens is 376 g/mol. The Labute approximate surface area is 175 Å². The van der Waals surface area contributed by atoms with Crippen LogP contribution in [0, 0.1) is 11.8 Å². The van der Waals surface area contributed by atoms with Gasteiger partial charge in [-0.15, -0.1) is 0 Å². The quantitative estimate of drug-likeness (QED) is 0.681. The number of hydrogen-bond donors (Lipinski definition) is 1. The second-order valence-electron chi connectivity index (χ2n) is 7.75. The molecule has 1 saturated carbocycles. The molecule has 2 aliphatic rings. The van der Waals surface area contributed by atoms with Gasteiger partial charge < -0.3 is 15.0 Å². The molecule has 5 rings (SSSR count). The largest absolute Gasteiger partial charge is 0.457 e. The van der Waals surface area contributed by atoms with Crippen molar-refractivity contribution in [2.45, 2.75) is 12.8 Å². The van der Waals surface area contributed by atoms with E-state index in [1.165, 1.54) is 5.56 Å². The van der Waals surface area contributed by atoms with E-state index in [9.17, 15) is 9.59 Å². The van der Waals surface area contributed by atoms with Crippen LogP contribution in [0.5, 0.6) is 11.5 Å². The Morgan fingerprint density at radius 2 is 1.53 bits per heavy atom. The van der Waals surface area contributed by atoms with Crippen LogP contribution in [0.4, 0.5) is 11.4 Å². The van der Waals surface area contributed by atoms with Gasteiger partial charge in [0.15, 0.2) is 0 Å². The molecule has 2 unspecified atom stereocenters. The van der Waals surface area contributed by atoms with E-state index < -0.39 is 0 Å². The molecule has 2 atom stereocenters. The fourth-order valence-corrected chi connectivity index (χ4v) is 3.99. The van der Waals surface area contributed by atoms with Gasteiger partial charge in [-0.2, -0.15) is 0 Å². The van der Waals surface area contributed by atoms with Crippen molar-refractivity contribution in [3.05, 3.63) is 84.4 Å². The summed E-state index contributed by atoms with van der Waals surface area (Å²) in [6.45, 7) is 0.700. The van der Waals surface area contributed by atoms with Gasteiger partial charge >= 0.3 is 0 Å².